The summed E-state index contributed by atoms with van der Waals surface area (Å²) in [6.07, 6.45) is 0.343. The number of nitro benzene ring substituents is 1. The molecule has 1 aromatic carbocycles. The maximum Gasteiger partial charge on any atom is 0.311 e. The molecule has 0 saturated heterocycles. The van der Waals surface area contributed by atoms with Crippen molar-refractivity contribution in [3.8, 4) is 17.1 Å². The Hall–Kier alpha value is -2.63. The van der Waals surface area contributed by atoms with E-state index in [2.05, 4.69) is 0 Å². The Morgan fingerprint density at radius 3 is 2.70 bits per heavy atom. The molecule has 20 heavy (non-hydrogen) atoms. The average molecular weight is 275 g/mol. The molecule has 6 heteroatoms. The zero-order valence-electron chi connectivity index (χ0n) is 11.1. The van der Waals surface area contributed by atoms with E-state index in [1.165, 1.54) is 19.2 Å². The highest BCUT2D eigenvalue weighted by molar-refractivity contribution is 5.93. The normalized spacial score (nSPS) is 10.3. The van der Waals surface area contributed by atoms with Gasteiger partial charge in [-0.05, 0) is 24.3 Å². The lowest BCUT2D eigenvalue weighted by Gasteiger charge is -2.03. The molecule has 0 radical (unpaired) electrons. The fraction of sp³-hybridized carbons (Fsp3) is 0.214. The summed E-state index contributed by atoms with van der Waals surface area (Å²) in [5, 5.41) is 11.0. The van der Waals surface area contributed by atoms with Gasteiger partial charge in [0.2, 0.25) is 0 Å². The van der Waals surface area contributed by atoms with Crippen LogP contribution in [0.25, 0.3) is 11.3 Å². The van der Waals surface area contributed by atoms with Crippen molar-refractivity contribution in [3.63, 3.8) is 0 Å². The lowest BCUT2D eigenvalue weighted by molar-refractivity contribution is -0.385. The van der Waals surface area contributed by atoms with Gasteiger partial charge < -0.3 is 9.15 Å². The summed E-state index contributed by atoms with van der Waals surface area (Å²) >= 11 is 0. The van der Waals surface area contributed by atoms with E-state index < -0.39 is 4.92 Å². The molecular weight excluding hydrogens is 262 g/mol. The van der Waals surface area contributed by atoms with Gasteiger partial charge in [0.15, 0.2) is 17.3 Å². The van der Waals surface area contributed by atoms with Crippen molar-refractivity contribution >= 4 is 11.5 Å². The van der Waals surface area contributed by atoms with E-state index in [0.717, 1.165) is 0 Å². The van der Waals surface area contributed by atoms with Gasteiger partial charge >= 0.3 is 5.69 Å². The topological polar surface area (TPSA) is 82.6 Å². The van der Waals surface area contributed by atoms with Crippen molar-refractivity contribution in [3.05, 3.63) is 46.2 Å². The molecule has 1 heterocycles. The van der Waals surface area contributed by atoms with Gasteiger partial charge in [-0.3, -0.25) is 14.9 Å². The van der Waals surface area contributed by atoms with Crippen LogP contribution in [0.3, 0.4) is 0 Å². The van der Waals surface area contributed by atoms with Crippen molar-refractivity contribution in [2.24, 2.45) is 0 Å². The van der Waals surface area contributed by atoms with E-state index in [1.807, 2.05) is 0 Å². The highest BCUT2D eigenvalue weighted by atomic mass is 16.6. The number of methoxy groups -OCH3 is 1. The minimum absolute atomic E-state index is 0.112. The van der Waals surface area contributed by atoms with Crippen LogP contribution in [0.4, 0.5) is 5.69 Å². The van der Waals surface area contributed by atoms with Gasteiger partial charge in [-0.1, -0.05) is 6.92 Å². The van der Waals surface area contributed by atoms with Crippen LogP contribution < -0.4 is 4.74 Å². The molecule has 2 aromatic rings. The highest BCUT2D eigenvalue weighted by Gasteiger charge is 2.18. The fourth-order valence-corrected chi connectivity index (χ4v) is 1.80. The van der Waals surface area contributed by atoms with Crippen LogP contribution in [0.1, 0.15) is 23.9 Å². The van der Waals surface area contributed by atoms with E-state index in [1.54, 1.807) is 25.1 Å². The van der Waals surface area contributed by atoms with Gasteiger partial charge in [0.1, 0.15) is 5.76 Å². The summed E-state index contributed by atoms with van der Waals surface area (Å²) in [5.41, 5.74) is 0.373. The molecule has 104 valence electrons. The summed E-state index contributed by atoms with van der Waals surface area (Å²) in [6, 6.07) is 7.69. The Balaban J connectivity index is 2.43. The molecule has 0 aliphatic carbocycles. The molecule has 2 rings (SSSR count). The van der Waals surface area contributed by atoms with Gasteiger partial charge in [-0.25, -0.2) is 0 Å². The fourth-order valence-electron chi connectivity index (χ4n) is 1.80. The Labute approximate surface area is 115 Å². The number of rotatable bonds is 5. The predicted octanol–water partition coefficient (Wildman–Crippen LogP) is 3.46. The number of ether oxygens (including phenoxy) is 1. The first kappa shape index (κ1) is 13.8. The number of furan rings is 1. The number of nitrogens with zero attached hydrogens (tertiary/aromatic N) is 1. The Morgan fingerprint density at radius 2 is 2.10 bits per heavy atom. The minimum atomic E-state index is -0.524. The molecule has 0 N–H and O–H groups in total. The van der Waals surface area contributed by atoms with E-state index in [4.69, 9.17) is 9.15 Å². The van der Waals surface area contributed by atoms with Crippen LogP contribution in [0.5, 0.6) is 5.75 Å². The SMILES string of the molecule is CCC(=O)c1ccc(-c2ccc(OC)c([N+](=O)[O-])c2)o1. The van der Waals surface area contributed by atoms with Crippen molar-refractivity contribution in [1.82, 2.24) is 0 Å². The number of hydrogen-bond donors (Lipinski definition) is 0. The van der Waals surface area contributed by atoms with E-state index in [9.17, 15) is 14.9 Å². The second-order valence-electron chi connectivity index (χ2n) is 4.08. The molecule has 0 aliphatic heterocycles. The van der Waals surface area contributed by atoms with Crippen LogP contribution >= 0.6 is 0 Å². The first-order chi connectivity index (χ1) is 9.56. The quantitative estimate of drug-likeness (QED) is 0.474. The maximum atomic E-state index is 11.5. The van der Waals surface area contributed by atoms with Crippen molar-refractivity contribution in [2.45, 2.75) is 13.3 Å². The van der Waals surface area contributed by atoms with E-state index in [0.29, 0.717) is 17.7 Å². The van der Waals surface area contributed by atoms with Gasteiger partial charge in [0.25, 0.3) is 0 Å². The molecule has 1 aromatic heterocycles. The summed E-state index contributed by atoms with van der Waals surface area (Å²) in [5.74, 6) is 0.725. The summed E-state index contributed by atoms with van der Waals surface area (Å²) < 4.78 is 10.3. The number of hydrogen-bond acceptors (Lipinski definition) is 5. The largest absolute Gasteiger partial charge is 0.490 e. The standard InChI is InChI=1S/C14H13NO5/c1-3-11(16)14-7-6-12(20-14)9-4-5-13(19-2)10(8-9)15(17)18/h4-8H,3H2,1-2H3. The highest BCUT2D eigenvalue weighted by Crippen LogP contribution is 2.32. The third kappa shape index (κ3) is 2.54. The third-order valence-corrected chi connectivity index (χ3v) is 2.86. The number of carbonyl (C=O) groups is 1. The zero-order valence-corrected chi connectivity index (χ0v) is 11.1. The van der Waals surface area contributed by atoms with Gasteiger partial charge in [0.05, 0.1) is 12.0 Å². The van der Waals surface area contributed by atoms with Crippen LogP contribution in [0.15, 0.2) is 34.7 Å². The first-order valence-corrected chi connectivity index (χ1v) is 6.02. The monoisotopic (exact) mass is 275 g/mol. The third-order valence-electron chi connectivity index (χ3n) is 2.86. The lowest BCUT2D eigenvalue weighted by Crippen LogP contribution is -1.94. The Bertz CT molecular complexity index is 659. The second-order valence-corrected chi connectivity index (χ2v) is 4.08. The average Bonchev–Trinajstić information content (AvgIpc) is 2.95. The summed E-state index contributed by atoms with van der Waals surface area (Å²) in [6.45, 7) is 1.74. The molecule has 0 bridgehead atoms. The molecule has 0 fully saturated rings. The molecule has 0 saturated carbocycles. The molecule has 0 spiro atoms. The number of carbonyl (C=O) groups excluding carboxylic acids is 1. The van der Waals surface area contributed by atoms with Gasteiger partial charge in [0, 0.05) is 18.1 Å². The van der Waals surface area contributed by atoms with E-state index >= 15 is 0 Å². The lowest BCUT2D eigenvalue weighted by atomic mass is 10.1. The Morgan fingerprint density at radius 1 is 1.35 bits per heavy atom. The smallest absolute Gasteiger partial charge is 0.311 e. The zero-order chi connectivity index (χ0) is 14.7. The molecule has 0 atom stereocenters. The van der Waals surface area contributed by atoms with E-state index in [-0.39, 0.29) is 23.0 Å². The number of nitro groups is 1. The van der Waals surface area contributed by atoms with Crippen LogP contribution in [-0.2, 0) is 0 Å². The number of benzene rings is 1. The number of Topliss-reactive ketones (excluding diaryl/α,β-unsaturated/α-hetero) is 1. The minimum Gasteiger partial charge on any atom is -0.490 e. The van der Waals surface area contributed by atoms with Gasteiger partial charge in [-0.15, -0.1) is 0 Å². The van der Waals surface area contributed by atoms with Crippen molar-refractivity contribution < 1.29 is 18.9 Å². The molecule has 6 nitrogen and oxygen atoms in total. The molecule has 0 unspecified atom stereocenters. The molecule has 0 amide bonds. The molecular formula is C14H13NO5. The van der Waals surface area contributed by atoms with Crippen molar-refractivity contribution in [2.75, 3.05) is 7.11 Å². The summed E-state index contributed by atoms with van der Waals surface area (Å²) in [7, 11) is 1.37. The second kappa shape index (κ2) is 5.56. The molecule has 0 aliphatic rings. The van der Waals surface area contributed by atoms with Crippen LogP contribution in [0.2, 0.25) is 0 Å². The Kier molecular flexibility index (Phi) is 3.84. The predicted molar refractivity (Wildman–Crippen MR) is 72.0 cm³/mol. The van der Waals surface area contributed by atoms with Crippen LogP contribution in [-0.4, -0.2) is 17.8 Å². The van der Waals surface area contributed by atoms with Gasteiger partial charge in [-0.2, -0.15) is 0 Å². The summed E-state index contributed by atoms with van der Waals surface area (Å²) in [4.78, 5) is 22.0. The van der Waals surface area contributed by atoms with Crippen molar-refractivity contribution in [1.29, 1.82) is 0 Å². The van der Waals surface area contributed by atoms with Crippen LogP contribution in [0, 0.1) is 10.1 Å². The first-order valence-electron chi connectivity index (χ1n) is 6.02. The number of ketones is 1. The maximum absolute atomic E-state index is 11.5.